The van der Waals surface area contributed by atoms with Gasteiger partial charge in [-0.25, -0.2) is 4.98 Å². The van der Waals surface area contributed by atoms with E-state index >= 15 is 0 Å². The Morgan fingerprint density at radius 2 is 2.26 bits per heavy atom. The Morgan fingerprint density at radius 1 is 1.47 bits per heavy atom. The smallest absolute Gasteiger partial charge is 0.322 e. The second kappa shape index (κ2) is 5.79. The summed E-state index contributed by atoms with van der Waals surface area (Å²) in [5, 5.41) is 12.9. The van der Waals surface area contributed by atoms with Crippen LogP contribution in [0, 0.1) is 6.92 Å². The fourth-order valence-electron chi connectivity index (χ4n) is 1.43. The number of nitrogens with one attached hydrogen (secondary N) is 2. The normalized spacial score (nSPS) is 10.3. The van der Waals surface area contributed by atoms with E-state index in [1.54, 1.807) is 19.2 Å². The number of carbonyl (C=O) groups excluding carboxylic acids is 1. The molecule has 0 bridgehead atoms. The molecule has 0 saturated heterocycles. The van der Waals surface area contributed by atoms with Crippen molar-refractivity contribution < 1.29 is 9.21 Å². The molecule has 2 heterocycles. The van der Waals surface area contributed by atoms with Crippen LogP contribution in [0.1, 0.15) is 23.2 Å². The van der Waals surface area contributed by atoms with E-state index in [0.717, 1.165) is 0 Å². The molecule has 2 N–H and O–H groups in total. The van der Waals surface area contributed by atoms with Crippen LogP contribution in [0.25, 0.3) is 0 Å². The molecule has 0 aliphatic carbocycles. The Bertz CT molecular complexity index is 599. The van der Waals surface area contributed by atoms with Crippen LogP contribution in [0.2, 0.25) is 0 Å². The van der Waals surface area contributed by atoms with Gasteiger partial charge in [0, 0.05) is 24.1 Å². The van der Waals surface area contributed by atoms with E-state index in [2.05, 4.69) is 41.7 Å². The predicted molar refractivity (Wildman–Crippen MR) is 73.1 cm³/mol. The maximum absolute atomic E-state index is 12.1. The maximum atomic E-state index is 12.1. The quantitative estimate of drug-likeness (QED) is 0.895. The standard InChI is InChI=1S/C11H12BrN5O2/c1-3-13-9-8(4-7(12)5-14-9)10(18)15-11-17-16-6(2)19-11/h4-5H,3H2,1-2H3,(H,13,14)(H,15,17,18). The number of rotatable bonds is 4. The molecule has 0 aliphatic heterocycles. The van der Waals surface area contributed by atoms with Crippen molar-refractivity contribution >= 4 is 33.7 Å². The average Bonchev–Trinajstić information content (AvgIpc) is 2.77. The lowest BCUT2D eigenvalue weighted by Crippen LogP contribution is -2.16. The minimum atomic E-state index is -0.367. The van der Waals surface area contributed by atoms with E-state index in [-0.39, 0.29) is 11.9 Å². The number of halogens is 1. The largest absolute Gasteiger partial charge is 0.408 e. The molecule has 0 spiro atoms. The van der Waals surface area contributed by atoms with Gasteiger partial charge >= 0.3 is 6.01 Å². The summed E-state index contributed by atoms with van der Waals surface area (Å²) >= 11 is 3.28. The van der Waals surface area contributed by atoms with Crippen molar-refractivity contribution in [2.24, 2.45) is 0 Å². The van der Waals surface area contributed by atoms with E-state index < -0.39 is 0 Å². The van der Waals surface area contributed by atoms with Gasteiger partial charge in [-0.3, -0.25) is 10.1 Å². The molecule has 2 rings (SSSR count). The van der Waals surface area contributed by atoms with Crippen molar-refractivity contribution in [1.82, 2.24) is 15.2 Å². The zero-order valence-corrected chi connectivity index (χ0v) is 12.0. The van der Waals surface area contributed by atoms with Gasteiger partial charge < -0.3 is 9.73 Å². The first kappa shape index (κ1) is 13.5. The Morgan fingerprint density at radius 3 is 2.89 bits per heavy atom. The number of anilines is 2. The van der Waals surface area contributed by atoms with Crippen LogP contribution < -0.4 is 10.6 Å². The van der Waals surface area contributed by atoms with Crippen LogP contribution in [0.3, 0.4) is 0 Å². The highest BCUT2D eigenvalue weighted by Gasteiger charge is 2.15. The Hall–Kier alpha value is -1.96. The van der Waals surface area contributed by atoms with Gasteiger partial charge in [0.1, 0.15) is 5.82 Å². The molecule has 100 valence electrons. The third-order valence-electron chi connectivity index (χ3n) is 2.19. The number of carbonyl (C=O) groups is 1. The summed E-state index contributed by atoms with van der Waals surface area (Å²) in [6.07, 6.45) is 1.62. The van der Waals surface area contributed by atoms with Gasteiger partial charge in [0.15, 0.2) is 0 Å². The summed E-state index contributed by atoms with van der Waals surface area (Å²) in [5.74, 6) is 0.516. The van der Waals surface area contributed by atoms with E-state index in [9.17, 15) is 4.79 Å². The minimum absolute atomic E-state index is 0.0601. The van der Waals surface area contributed by atoms with Gasteiger partial charge in [0.05, 0.1) is 5.56 Å². The number of pyridine rings is 1. The molecular formula is C11H12BrN5O2. The molecule has 8 heteroatoms. The molecule has 0 radical (unpaired) electrons. The SMILES string of the molecule is CCNc1ncc(Br)cc1C(=O)Nc1nnc(C)o1. The molecule has 0 fully saturated rings. The molecule has 0 aliphatic rings. The van der Waals surface area contributed by atoms with E-state index in [4.69, 9.17) is 4.42 Å². The van der Waals surface area contributed by atoms with Crippen LogP contribution >= 0.6 is 15.9 Å². The number of amides is 1. The lowest BCUT2D eigenvalue weighted by Gasteiger charge is -2.08. The summed E-state index contributed by atoms with van der Waals surface area (Å²) in [5.41, 5.74) is 0.395. The number of hydrogen-bond acceptors (Lipinski definition) is 6. The molecule has 0 unspecified atom stereocenters. The highest BCUT2D eigenvalue weighted by molar-refractivity contribution is 9.10. The Labute approximate surface area is 117 Å². The van der Waals surface area contributed by atoms with Gasteiger partial charge in [0.2, 0.25) is 5.89 Å². The summed E-state index contributed by atoms with van der Waals surface area (Å²) < 4.78 is 5.81. The lowest BCUT2D eigenvalue weighted by molar-refractivity contribution is 0.102. The van der Waals surface area contributed by atoms with E-state index in [1.165, 1.54) is 0 Å². The Balaban J connectivity index is 2.24. The van der Waals surface area contributed by atoms with Gasteiger partial charge in [0.25, 0.3) is 5.91 Å². The molecule has 0 aromatic carbocycles. The average molecular weight is 326 g/mol. The van der Waals surface area contributed by atoms with Crippen LogP contribution in [-0.2, 0) is 0 Å². The highest BCUT2D eigenvalue weighted by atomic mass is 79.9. The molecule has 1 amide bonds. The minimum Gasteiger partial charge on any atom is -0.408 e. The van der Waals surface area contributed by atoms with Gasteiger partial charge in [-0.05, 0) is 28.9 Å². The number of hydrogen-bond donors (Lipinski definition) is 2. The maximum Gasteiger partial charge on any atom is 0.322 e. The first-order valence-corrected chi connectivity index (χ1v) is 6.40. The Kier molecular flexibility index (Phi) is 4.10. The van der Waals surface area contributed by atoms with Gasteiger partial charge in [-0.1, -0.05) is 5.10 Å². The first-order chi connectivity index (χ1) is 9.10. The van der Waals surface area contributed by atoms with Crippen LogP contribution in [0.4, 0.5) is 11.8 Å². The van der Waals surface area contributed by atoms with Crippen molar-refractivity contribution in [3.05, 3.63) is 28.2 Å². The van der Waals surface area contributed by atoms with Crippen LogP contribution in [0.15, 0.2) is 21.2 Å². The predicted octanol–water partition coefficient (Wildman–Crippen LogP) is 2.22. The van der Waals surface area contributed by atoms with Crippen molar-refractivity contribution in [3.8, 4) is 0 Å². The number of aromatic nitrogens is 3. The molecule has 19 heavy (non-hydrogen) atoms. The van der Waals surface area contributed by atoms with Crippen molar-refractivity contribution in [2.45, 2.75) is 13.8 Å². The third kappa shape index (κ3) is 3.28. The van der Waals surface area contributed by atoms with E-state index in [1.807, 2.05) is 6.92 Å². The third-order valence-corrected chi connectivity index (χ3v) is 2.62. The highest BCUT2D eigenvalue weighted by Crippen LogP contribution is 2.19. The second-order valence-corrected chi connectivity index (χ2v) is 4.58. The summed E-state index contributed by atoms with van der Waals surface area (Å²) in [7, 11) is 0. The fraction of sp³-hybridized carbons (Fsp3) is 0.273. The summed E-state index contributed by atoms with van der Waals surface area (Å²) in [4.78, 5) is 16.3. The fourth-order valence-corrected chi connectivity index (χ4v) is 1.76. The van der Waals surface area contributed by atoms with Crippen molar-refractivity contribution in [3.63, 3.8) is 0 Å². The molecule has 2 aromatic rings. The number of aryl methyl sites for hydroxylation is 1. The van der Waals surface area contributed by atoms with Crippen molar-refractivity contribution in [1.29, 1.82) is 0 Å². The van der Waals surface area contributed by atoms with Gasteiger partial charge in [-0.15, -0.1) is 5.10 Å². The summed E-state index contributed by atoms with van der Waals surface area (Å²) in [6, 6.07) is 1.73. The zero-order chi connectivity index (χ0) is 13.8. The summed E-state index contributed by atoms with van der Waals surface area (Å²) in [6.45, 7) is 4.23. The second-order valence-electron chi connectivity index (χ2n) is 3.66. The molecule has 0 atom stereocenters. The molecule has 2 aromatic heterocycles. The topological polar surface area (TPSA) is 92.9 Å². The van der Waals surface area contributed by atoms with Gasteiger partial charge in [-0.2, -0.15) is 0 Å². The lowest BCUT2D eigenvalue weighted by atomic mass is 10.2. The van der Waals surface area contributed by atoms with Crippen molar-refractivity contribution in [2.75, 3.05) is 17.2 Å². The van der Waals surface area contributed by atoms with E-state index in [0.29, 0.717) is 28.3 Å². The molecule has 7 nitrogen and oxygen atoms in total. The van der Waals surface area contributed by atoms with Crippen LogP contribution in [0.5, 0.6) is 0 Å². The van der Waals surface area contributed by atoms with Crippen LogP contribution in [-0.4, -0.2) is 27.6 Å². The zero-order valence-electron chi connectivity index (χ0n) is 10.4. The first-order valence-electron chi connectivity index (χ1n) is 5.61. The molecule has 0 saturated carbocycles. The molecular weight excluding hydrogens is 314 g/mol. The number of nitrogens with zero attached hydrogens (tertiary/aromatic N) is 3. The monoisotopic (exact) mass is 325 g/mol.